The van der Waals surface area contributed by atoms with Gasteiger partial charge < -0.3 is 20.2 Å². The largest absolute Gasteiger partial charge is 0.465 e. The number of aromatic nitrogens is 2. The molecule has 162 valence electrons. The molecule has 1 heterocycles. The summed E-state index contributed by atoms with van der Waals surface area (Å²) < 4.78 is 0. The molecule has 2 N–H and O–H groups in total. The van der Waals surface area contributed by atoms with Crippen molar-refractivity contribution in [2.45, 2.75) is 84.2 Å². The predicted molar refractivity (Wildman–Crippen MR) is 117 cm³/mol. The molecule has 0 atom stereocenters. The van der Waals surface area contributed by atoms with Crippen molar-refractivity contribution in [3.8, 4) is 0 Å². The number of anilines is 2. The summed E-state index contributed by atoms with van der Waals surface area (Å²) in [6.07, 6.45) is 7.34. The molecule has 0 unspecified atom stereocenters. The van der Waals surface area contributed by atoms with Crippen LogP contribution in [0.25, 0.3) is 0 Å². The van der Waals surface area contributed by atoms with Crippen LogP contribution in [0.4, 0.5) is 16.6 Å². The van der Waals surface area contributed by atoms with Crippen LogP contribution in [-0.4, -0.2) is 58.8 Å². The average molecular weight is 404 g/mol. The molecule has 0 aliphatic heterocycles. The SMILES string of the molecule is CN(C)c1nc(NC2CCC(N(CC(C)(C)C)C(=O)O)CC2)nc2c1CCCC2. The van der Waals surface area contributed by atoms with Crippen molar-refractivity contribution in [2.75, 3.05) is 30.9 Å². The fourth-order valence-electron chi connectivity index (χ4n) is 4.59. The molecule has 2 aliphatic rings. The van der Waals surface area contributed by atoms with Gasteiger partial charge in [0.05, 0.1) is 5.69 Å². The molecule has 2 aliphatic carbocycles. The van der Waals surface area contributed by atoms with Crippen LogP contribution in [0.15, 0.2) is 0 Å². The second-order valence-electron chi connectivity index (χ2n) is 10.0. The third kappa shape index (κ3) is 5.52. The van der Waals surface area contributed by atoms with Gasteiger partial charge in [-0.1, -0.05) is 20.8 Å². The Hall–Kier alpha value is -2.05. The molecule has 0 spiro atoms. The molecule has 7 heteroatoms. The minimum absolute atomic E-state index is 0.0347. The van der Waals surface area contributed by atoms with Crippen LogP contribution in [0.5, 0.6) is 0 Å². The smallest absolute Gasteiger partial charge is 0.407 e. The van der Waals surface area contributed by atoms with Crippen LogP contribution < -0.4 is 10.2 Å². The molecule has 0 saturated heterocycles. The quantitative estimate of drug-likeness (QED) is 0.768. The fraction of sp³-hybridized carbons (Fsp3) is 0.773. The van der Waals surface area contributed by atoms with Gasteiger partial charge in [-0.25, -0.2) is 9.78 Å². The number of aryl methyl sites for hydroxylation is 1. The summed E-state index contributed by atoms with van der Waals surface area (Å²) in [5, 5.41) is 13.2. The number of fused-ring (bicyclic) bond motifs is 1. The minimum atomic E-state index is -0.801. The maximum absolute atomic E-state index is 11.8. The Bertz CT molecular complexity index is 721. The van der Waals surface area contributed by atoms with E-state index in [9.17, 15) is 9.90 Å². The van der Waals surface area contributed by atoms with Gasteiger partial charge in [-0.15, -0.1) is 0 Å². The first kappa shape index (κ1) is 21.7. The Kier molecular flexibility index (Phi) is 6.54. The highest BCUT2D eigenvalue weighted by molar-refractivity contribution is 5.65. The number of carboxylic acid groups (broad SMARTS) is 1. The summed E-state index contributed by atoms with van der Waals surface area (Å²) in [6, 6.07) is 0.403. The highest BCUT2D eigenvalue weighted by Gasteiger charge is 2.31. The van der Waals surface area contributed by atoms with Crippen LogP contribution in [0.1, 0.15) is 70.6 Å². The molecule has 3 rings (SSSR count). The molecule has 29 heavy (non-hydrogen) atoms. The van der Waals surface area contributed by atoms with Crippen molar-refractivity contribution in [1.82, 2.24) is 14.9 Å². The molecule has 0 aromatic carbocycles. The lowest BCUT2D eigenvalue weighted by molar-refractivity contribution is 0.0876. The molecular formula is C22H37N5O2. The molecule has 1 aromatic heterocycles. The molecule has 1 amide bonds. The van der Waals surface area contributed by atoms with Crippen LogP contribution >= 0.6 is 0 Å². The standard InChI is InChI=1S/C22H37N5O2/c1-22(2,3)14-27(21(28)29)16-12-10-15(11-13-16)23-20-24-18-9-7-6-8-17(18)19(25-20)26(4)5/h15-16H,6-14H2,1-5H3,(H,28,29)(H,23,24,25). The van der Waals surface area contributed by atoms with E-state index in [0.717, 1.165) is 50.3 Å². The van der Waals surface area contributed by atoms with E-state index in [-0.39, 0.29) is 11.5 Å². The number of nitrogens with zero attached hydrogens (tertiary/aromatic N) is 4. The van der Waals surface area contributed by atoms with Crippen LogP contribution in [0.3, 0.4) is 0 Å². The summed E-state index contributed by atoms with van der Waals surface area (Å²) in [5.41, 5.74) is 2.45. The first-order chi connectivity index (χ1) is 13.6. The van der Waals surface area contributed by atoms with Crippen molar-refractivity contribution in [1.29, 1.82) is 0 Å². The first-order valence-electron chi connectivity index (χ1n) is 11.0. The zero-order valence-corrected chi connectivity index (χ0v) is 18.7. The van der Waals surface area contributed by atoms with Gasteiger partial charge in [0.25, 0.3) is 0 Å². The second kappa shape index (κ2) is 8.76. The van der Waals surface area contributed by atoms with E-state index in [1.807, 2.05) is 14.1 Å². The van der Waals surface area contributed by atoms with E-state index in [1.165, 1.54) is 24.1 Å². The van der Waals surface area contributed by atoms with E-state index in [1.54, 1.807) is 4.90 Å². The van der Waals surface area contributed by atoms with Crippen molar-refractivity contribution >= 4 is 17.9 Å². The van der Waals surface area contributed by atoms with Gasteiger partial charge >= 0.3 is 6.09 Å². The lowest BCUT2D eigenvalue weighted by atomic mass is 9.88. The summed E-state index contributed by atoms with van der Waals surface area (Å²) in [7, 11) is 4.09. The Balaban J connectivity index is 1.65. The van der Waals surface area contributed by atoms with E-state index in [2.05, 4.69) is 31.0 Å². The van der Waals surface area contributed by atoms with E-state index >= 15 is 0 Å². The lowest BCUT2D eigenvalue weighted by Gasteiger charge is -2.38. The van der Waals surface area contributed by atoms with Gasteiger partial charge in [-0.3, -0.25) is 0 Å². The Morgan fingerprint density at radius 1 is 1.10 bits per heavy atom. The van der Waals surface area contributed by atoms with Crippen LogP contribution in [0, 0.1) is 5.41 Å². The Morgan fingerprint density at radius 2 is 1.76 bits per heavy atom. The number of amides is 1. The number of rotatable bonds is 5. The molecular weight excluding hydrogens is 366 g/mol. The molecule has 7 nitrogen and oxygen atoms in total. The van der Waals surface area contributed by atoms with Crippen LogP contribution in [0.2, 0.25) is 0 Å². The van der Waals surface area contributed by atoms with Gasteiger partial charge in [-0.2, -0.15) is 4.98 Å². The highest BCUT2D eigenvalue weighted by atomic mass is 16.4. The summed E-state index contributed by atoms with van der Waals surface area (Å²) in [5.74, 6) is 1.76. The highest BCUT2D eigenvalue weighted by Crippen LogP contribution is 2.31. The fourth-order valence-corrected chi connectivity index (χ4v) is 4.59. The van der Waals surface area contributed by atoms with Gasteiger partial charge in [-0.05, 0) is 56.8 Å². The lowest BCUT2D eigenvalue weighted by Crippen LogP contribution is -2.46. The molecule has 0 radical (unpaired) electrons. The van der Waals surface area contributed by atoms with E-state index in [4.69, 9.17) is 9.97 Å². The summed E-state index contributed by atoms with van der Waals surface area (Å²) in [4.78, 5) is 25.1. The van der Waals surface area contributed by atoms with Crippen molar-refractivity contribution < 1.29 is 9.90 Å². The zero-order chi connectivity index (χ0) is 21.2. The van der Waals surface area contributed by atoms with Crippen molar-refractivity contribution in [3.63, 3.8) is 0 Å². The normalized spacial score (nSPS) is 22.0. The van der Waals surface area contributed by atoms with Crippen molar-refractivity contribution in [3.05, 3.63) is 11.3 Å². The molecule has 1 saturated carbocycles. The number of hydrogen-bond acceptors (Lipinski definition) is 5. The molecule has 1 aromatic rings. The van der Waals surface area contributed by atoms with E-state index < -0.39 is 6.09 Å². The van der Waals surface area contributed by atoms with Crippen LogP contribution in [-0.2, 0) is 12.8 Å². The van der Waals surface area contributed by atoms with Gasteiger partial charge in [0.2, 0.25) is 5.95 Å². The first-order valence-corrected chi connectivity index (χ1v) is 11.0. The minimum Gasteiger partial charge on any atom is -0.465 e. The Labute approximate surface area is 174 Å². The van der Waals surface area contributed by atoms with E-state index in [0.29, 0.717) is 12.6 Å². The number of carbonyl (C=O) groups is 1. The predicted octanol–water partition coefficient (Wildman–Crippen LogP) is 4.17. The topological polar surface area (TPSA) is 81.6 Å². The summed E-state index contributed by atoms with van der Waals surface area (Å²) in [6.45, 7) is 6.84. The number of nitrogens with one attached hydrogen (secondary N) is 1. The number of hydrogen-bond donors (Lipinski definition) is 2. The average Bonchev–Trinajstić information content (AvgIpc) is 2.65. The molecule has 1 fully saturated rings. The second-order valence-corrected chi connectivity index (χ2v) is 10.0. The summed E-state index contributed by atoms with van der Waals surface area (Å²) >= 11 is 0. The maximum atomic E-state index is 11.8. The van der Waals surface area contributed by atoms with Gasteiger partial charge in [0, 0.05) is 38.3 Å². The van der Waals surface area contributed by atoms with Gasteiger partial charge in [0.15, 0.2) is 0 Å². The third-order valence-corrected chi connectivity index (χ3v) is 5.95. The monoisotopic (exact) mass is 403 g/mol. The zero-order valence-electron chi connectivity index (χ0n) is 18.7. The maximum Gasteiger partial charge on any atom is 0.407 e. The third-order valence-electron chi connectivity index (χ3n) is 5.95. The van der Waals surface area contributed by atoms with Crippen molar-refractivity contribution in [2.24, 2.45) is 5.41 Å². The Morgan fingerprint density at radius 3 is 2.34 bits per heavy atom. The van der Waals surface area contributed by atoms with Gasteiger partial charge in [0.1, 0.15) is 5.82 Å². The molecule has 0 bridgehead atoms.